The van der Waals surface area contributed by atoms with E-state index in [1.165, 1.54) is 0 Å². The van der Waals surface area contributed by atoms with E-state index in [2.05, 4.69) is 22.0 Å². The fraction of sp³-hybridized carbons (Fsp3) is 0.500. The van der Waals surface area contributed by atoms with Crippen LogP contribution >= 0.6 is 0 Å². The van der Waals surface area contributed by atoms with Gasteiger partial charge in [-0.2, -0.15) is 5.10 Å². The molecule has 2 aromatic heterocycles. The van der Waals surface area contributed by atoms with Gasteiger partial charge in [0.25, 0.3) is 5.56 Å². The number of H-pyrrole nitrogens is 1. The number of benzene rings is 2. The molecule has 4 aromatic rings. The molecule has 0 atom stereocenters. The molecule has 0 spiro atoms. The molecular formula is C34H45N5O7. The number of anilines is 1. The second-order valence-electron chi connectivity index (χ2n) is 11.9. The number of ether oxygens (including phenoxy) is 6. The third-order valence-corrected chi connectivity index (χ3v) is 8.28. The number of aromatic amines is 1. The molecule has 12 nitrogen and oxygen atoms in total. The highest BCUT2D eigenvalue weighted by atomic mass is 16.7. The SMILES string of the molecule is CCCCc1nc2c(N(Cc3ccc(OC)cc3OC)Cc3ccc(OC)cc3OC)n[nH]c(=O)c2n1CC1COC(C)(C)OC1. The zero-order chi connectivity index (χ0) is 32.8. The lowest BCUT2D eigenvalue weighted by atomic mass is 10.1. The van der Waals surface area contributed by atoms with Gasteiger partial charge in [0.05, 0.1) is 41.7 Å². The van der Waals surface area contributed by atoms with Gasteiger partial charge in [-0.1, -0.05) is 13.3 Å². The zero-order valence-electron chi connectivity index (χ0n) is 27.8. The van der Waals surface area contributed by atoms with Crippen molar-refractivity contribution in [1.82, 2.24) is 19.7 Å². The van der Waals surface area contributed by atoms with Crippen LogP contribution in [0.1, 0.15) is 50.6 Å². The first-order chi connectivity index (χ1) is 22.2. The summed E-state index contributed by atoms with van der Waals surface area (Å²) in [6.45, 7) is 8.35. The molecule has 0 bridgehead atoms. The minimum absolute atomic E-state index is 0.0602. The zero-order valence-corrected chi connectivity index (χ0v) is 27.8. The second kappa shape index (κ2) is 14.4. The monoisotopic (exact) mass is 635 g/mol. The van der Waals surface area contributed by atoms with E-state index in [0.717, 1.165) is 36.2 Å². The Morgan fingerprint density at radius 1 is 0.935 bits per heavy atom. The Morgan fingerprint density at radius 2 is 1.52 bits per heavy atom. The first kappa shape index (κ1) is 33.1. The summed E-state index contributed by atoms with van der Waals surface area (Å²) in [5.74, 6) is 3.52. The van der Waals surface area contributed by atoms with Crippen LogP contribution in [0, 0.1) is 5.92 Å². The highest BCUT2D eigenvalue weighted by Crippen LogP contribution is 2.33. The predicted octanol–water partition coefficient (Wildman–Crippen LogP) is 5.10. The van der Waals surface area contributed by atoms with E-state index in [9.17, 15) is 4.79 Å². The van der Waals surface area contributed by atoms with Crippen molar-refractivity contribution in [1.29, 1.82) is 0 Å². The topological polar surface area (TPSA) is 122 Å². The van der Waals surface area contributed by atoms with E-state index in [-0.39, 0.29) is 11.5 Å². The fourth-order valence-electron chi connectivity index (χ4n) is 5.71. The average molecular weight is 636 g/mol. The summed E-state index contributed by atoms with van der Waals surface area (Å²) in [4.78, 5) is 20.7. The second-order valence-corrected chi connectivity index (χ2v) is 11.9. The Hall–Kier alpha value is -4.29. The van der Waals surface area contributed by atoms with Crippen LogP contribution in [-0.4, -0.2) is 67.2 Å². The molecular weight excluding hydrogens is 590 g/mol. The molecule has 1 saturated heterocycles. The summed E-state index contributed by atoms with van der Waals surface area (Å²) in [7, 11) is 6.51. The molecule has 1 aliphatic heterocycles. The standard InChI is InChI=1S/C34H45N5O7/c1-8-9-10-29-35-30-31(39(29)17-22-20-45-34(2,3)46-21-22)33(40)37-36-32(30)38(18-23-11-13-25(41-4)15-27(23)43-6)19-24-12-14-26(42-5)16-28(24)44-7/h11-16,22H,8-10,17-21H2,1-7H3,(H,37,40). The largest absolute Gasteiger partial charge is 0.497 e. The number of imidazole rings is 1. The molecule has 1 aliphatic rings. The lowest BCUT2D eigenvalue weighted by Gasteiger charge is -2.35. The van der Waals surface area contributed by atoms with Crippen molar-refractivity contribution in [2.45, 2.75) is 65.5 Å². The van der Waals surface area contributed by atoms with Crippen molar-refractivity contribution >= 4 is 16.9 Å². The van der Waals surface area contributed by atoms with Gasteiger partial charge in [-0.3, -0.25) is 4.79 Å². The van der Waals surface area contributed by atoms with E-state index in [0.29, 0.717) is 72.7 Å². The molecule has 0 aliphatic carbocycles. The summed E-state index contributed by atoms with van der Waals surface area (Å²) in [5, 5.41) is 7.39. The maximum absolute atomic E-state index is 13.5. The molecule has 0 amide bonds. The number of methoxy groups -OCH3 is 4. The smallest absolute Gasteiger partial charge is 0.290 e. The van der Waals surface area contributed by atoms with Crippen molar-refractivity contribution < 1.29 is 28.4 Å². The maximum atomic E-state index is 13.5. The summed E-state index contributed by atoms with van der Waals surface area (Å²) < 4.78 is 36.3. The number of hydrogen-bond donors (Lipinski definition) is 1. The Balaban J connectivity index is 1.63. The van der Waals surface area contributed by atoms with Crippen LogP contribution in [-0.2, 0) is 35.5 Å². The van der Waals surface area contributed by atoms with Gasteiger partial charge in [-0.15, -0.1) is 0 Å². The summed E-state index contributed by atoms with van der Waals surface area (Å²) in [5.41, 5.74) is 2.53. The van der Waals surface area contributed by atoms with Gasteiger partial charge in [0.15, 0.2) is 11.6 Å². The number of nitrogens with one attached hydrogen (secondary N) is 1. The van der Waals surface area contributed by atoms with Crippen molar-refractivity contribution in [3.05, 3.63) is 63.7 Å². The number of nitrogens with zero attached hydrogens (tertiary/aromatic N) is 4. The van der Waals surface area contributed by atoms with Gasteiger partial charge in [0.1, 0.15) is 39.9 Å². The summed E-state index contributed by atoms with van der Waals surface area (Å²) >= 11 is 0. The van der Waals surface area contributed by atoms with E-state index >= 15 is 0 Å². The van der Waals surface area contributed by atoms with Crippen LogP contribution in [0.3, 0.4) is 0 Å². The number of rotatable bonds is 14. The lowest BCUT2D eigenvalue weighted by molar-refractivity contribution is -0.263. The molecule has 1 fully saturated rings. The third-order valence-electron chi connectivity index (χ3n) is 8.28. The third kappa shape index (κ3) is 7.23. The first-order valence-electron chi connectivity index (χ1n) is 15.6. The Labute approximate surface area is 269 Å². The van der Waals surface area contributed by atoms with Crippen LogP contribution in [0.4, 0.5) is 5.82 Å². The van der Waals surface area contributed by atoms with Crippen molar-refractivity contribution in [2.24, 2.45) is 5.92 Å². The van der Waals surface area contributed by atoms with Gasteiger partial charge in [0.2, 0.25) is 0 Å². The minimum Gasteiger partial charge on any atom is -0.497 e. The highest BCUT2D eigenvalue weighted by Gasteiger charge is 2.30. The predicted molar refractivity (Wildman–Crippen MR) is 175 cm³/mol. The Bertz CT molecular complexity index is 1630. The normalized spacial score (nSPS) is 14.8. The van der Waals surface area contributed by atoms with Gasteiger partial charge >= 0.3 is 0 Å². The Kier molecular flexibility index (Phi) is 10.4. The molecule has 46 heavy (non-hydrogen) atoms. The molecule has 5 rings (SSSR count). The maximum Gasteiger partial charge on any atom is 0.290 e. The first-order valence-corrected chi connectivity index (χ1v) is 15.6. The number of fused-ring (bicyclic) bond motifs is 1. The molecule has 12 heteroatoms. The fourth-order valence-corrected chi connectivity index (χ4v) is 5.71. The average Bonchev–Trinajstić information content (AvgIpc) is 3.43. The van der Waals surface area contributed by atoms with Crippen molar-refractivity contribution in [3.8, 4) is 23.0 Å². The molecule has 0 saturated carbocycles. The van der Waals surface area contributed by atoms with Gasteiger partial charge < -0.3 is 37.9 Å². The number of aryl methyl sites for hydroxylation is 1. The van der Waals surface area contributed by atoms with Gasteiger partial charge in [0, 0.05) is 55.2 Å². The van der Waals surface area contributed by atoms with E-state index in [1.54, 1.807) is 28.4 Å². The molecule has 248 valence electrons. The lowest BCUT2D eigenvalue weighted by Crippen LogP contribution is -2.40. The van der Waals surface area contributed by atoms with Crippen LogP contribution in [0.2, 0.25) is 0 Å². The van der Waals surface area contributed by atoms with Crippen LogP contribution in [0.15, 0.2) is 41.2 Å². The summed E-state index contributed by atoms with van der Waals surface area (Å²) in [6.07, 6.45) is 2.66. The van der Waals surface area contributed by atoms with Crippen LogP contribution in [0.25, 0.3) is 11.0 Å². The minimum atomic E-state index is -0.626. The Morgan fingerprint density at radius 3 is 2.04 bits per heavy atom. The molecule has 3 heterocycles. The molecule has 0 unspecified atom stereocenters. The number of unbranched alkanes of at least 4 members (excludes halogenated alkanes) is 1. The van der Waals surface area contributed by atoms with E-state index < -0.39 is 5.79 Å². The van der Waals surface area contributed by atoms with Crippen LogP contribution < -0.4 is 29.4 Å². The van der Waals surface area contributed by atoms with Crippen LogP contribution in [0.5, 0.6) is 23.0 Å². The van der Waals surface area contributed by atoms with Crippen molar-refractivity contribution in [2.75, 3.05) is 46.6 Å². The van der Waals surface area contributed by atoms with E-state index in [1.807, 2.05) is 54.8 Å². The van der Waals surface area contributed by atoms with E-state index in [4.69, 9.17) is 33.4 Å². The number of hydrogen-bond acceptors (Lipinski definition) is 10. The quantitative estimate of drug-likeness (QED) is 0.200. The number of aromatic nitrogens is 4. The molecule has 1 N–H and O–H groups in total. The molecule has 0 radical (unpaired) electrons. The molecule has 2 aromatic carbocycles. The summed E-state index contributed by atoms with van der Waals surface area (Å²) in [6, 6.07) is 11.4. The van der Waals surface area contributed by atoms with Crippen molar-refractivity contribution in [3.63, 3.8) is 0 Å². The van der Waals surface area contributed by atoms with Gasteiger partial charge in [-0.25, -0.2) is 10.1 Å². The highest BCUT2D eigenvalue weighted by molar-refractivity contribution is 5.86. The van der Waals surface area contributed by atoms with Gasteiger partial charge in [-0.05, 0) is 44.5 Å².